The molecule has 5 aromatic rings. The van der Waals surface area contributed by atoms with Crippen molar-refractivity contribution in [2.24, 2.45) is 0 Å². The summed E-state index contributed by atoms with van der Waals surface area (Å²) in [6.45, 7) is 0. The number of fused-ring (bicyclic) bond motifs is 2. The van der Waals surface area contributed by atoms with E-state index >= 15 is 0 Å². The molecular formula is C25H16O7. The number of para-hydroxylation sites is 1. The summed E-state index contributed by atoms with van der Waals surface area (Å²) in [7, 11) is 1.57. The number of benzene rings is 3. The normalized spacial score (nSPS) is 10.9. The number of ether oxygens (including phenoxy) is 3. The second kappa shape index (κ2) is 7.96. The largest absolute Gasteiger partial charge is 0.497 e. The molecule has 32 heavy (non-hydrogen) atoms. The van der Waals surface area contributed by atoms with Gasteiger partial charge in [0.05, 0.1) is 12.5 Å². The summed E-state index contributed by atoms with van der Waals surface area (Å²) in [6, 6.07) is 20.2. The van der Waals surface area contributed by atoms with Gasteiger partial charge in [0.15, 0.2) is 0 Å². The number of furan rings is 1. The van der Waals surface area contributed by atoms with Crippen molar-refractivity contribution < 1.29 is 27.8 Å². The molecule has 0 amide bonds. The van der Waals surface area contributed by atoms with Crippen LogP contribution in [-0.4, -0.2) is 13.1 Å². The third-order valence-corrected chi connectivity index (χ3v) is 4.84. The summed E-state index contributed by atoms with van der Waals surface area (Å²) >= 11 is 0. The SMILES string of the molecule is COc1ccc(Oc2coc3cc(OC(=O)c4cc5ccccc5o4)ccc3c2=O)cc1. The van der Waals surface area contributed by atoms with E-state index in [1.54, 1.807) is 43.5 Å². The van der Waals surface area contributed by atoms with Gasteiger partial charge >= 0.3 is 5.97 Å². The van der Waals surface area contributed by atoms with Crippen molar-refractivity contribution in [2.75, 3.05) is 7.11 Å². The second-order valence-corrected chi connectivity index (χ2v) is 6.90. The molecule has 158 valence electrons. The molecule has 0 bridgehead atoms. The molecular weight excluding hydrogens is 412 g/mol. The fourth-order valence-electron chi connectivity index (χ4n) is 3.24. The standard InChI is InChI=1S/C25H16O7/c1-28-16-6-8-17(9-7-16)30-23-14-29-21-13-18(10-11-19(21)24(23)26)31-25(27)22-12-15-4-2-3-5-20(15)32-22/h2-14H,1H3. The van der Waals surface area contributed by atoms with Crippen LogP contribution in [0, 0.1) is 0 Å². The van der Waals surface area contributed by atoms with E-state index in [2.05, 4.69) is 0 Å². The van der Waals surface area contributed by atoms with E-state index in [0.29, 0.717) is 22.5 Å². The van der Waals surface area contributed by atoms with Gasteiger partial charge in [-0.1, -0.05) is 18.2 Å². The summed E-state index contributed by atoms with van der Waals surface area (Å²) in [5, 5.41) is 1.09. The molecule has 0 aliphatic heterocycles. The van der Waals surface area contributed by atoms with Crippen LogP contribution in [-0.2, 0) is 0 Å². The summed E-state index contributed by atoms with van der Waals surface area (Å²) in [5.74, 6) is 0.824. The fourth-order valence-corrected chi connectivity index (χ4v) is 3.24. The van der Waals surface area contributed by atoms with E-state index in [-0.39, 0.29) is 28.3 Å². The first-order valence-electron chi connectivity index (χ1n) is 9.69. The van der Waals surface area contributed by atoms with Crippen molar-refractivity contribution in [3.05, 3.63) is 95.0 Å². The second-order valence-electron chi connectivity index (χ2n) is 6.90. The highest BCUT2D eigenvalue weighted by atomic mass is 16.5. The Kier molecular flexibility index (Phi) is 4.84. The van der Waals surface area contributed by atoms with Gasteiger partial charge in [-0.05, 0) is 48.5 Å². The van der Waals surface area contributed by atoms with Crippen LogP contribution in [0.1, 0.15) is 10.6 Å². The number of rotatable bonds is 5. The Morgan fingerprint density at radius 3 is 2.38 bits per heavy atom. The average Bonchev–Trinajstić information content (AvgIpc) is 3.26. The Morgan fingerprint density at radius 1 is 0.844 bits per heavy atom. The molecule has 0 aliphatic rings. The van der Waals surface area contributed by atoms with Gasteiger partial charge in [0.2, 0.25) is 16.9 Å². The van der Waals surface area contributed by atoms with Crippen molar-refractivity contribution in [2.45, 2.75) is 0 Å². The van der Waals surface area contributed by atoms with E-state index in [9.17, 15) is 9.59 Å². The molecule has 2 heterocycles. The van der Waals surface area contributed by atoms with Crippen molar-refractivity contribution in [3.63, 3.8) is 0 Å². The lowest BCUT2D eigenvalue weighted by Crippen LogP contribution is -2.08. The van der Waals surface area contributed by atoms with E-state index in [0.717, 1.165) is 5.39 Å². The molecule has 0 fully saturated rings. The monoisotopic (exact) mass is 428 g/mol. The van der Waals surface area contributed by atoms with E-state index in [1.165, 1.54) is 24.5 Å². The highest BCUT2D eigenvalue weighted by molar-refractivity contribution is 5.94. The number of carbonyl (C=O) groups is 1. The summed E-state index contributed by atoms with van der Waals surface area (Å²) < 4.78 is 27.2. The van der Waals surface area contributed by atoms with E-state index < -0.39 is 5.97 Å². The third kappa shape index (κ3) is 3.67. The topological polar surface area (TPSA) is 88.1 Å². The molecule has 5 rings (SSSR count). The highest BCUT2D eigenvalue weighted by Gasteiger charge is 2.16. The summed E-state index contributed by atoms with van der Waals surface area (Å²) in [4.78, 5) is 25.2. The molecule has 0 unspecified atom stereocenters. The first-order chi connectivity index (χ1) is 15.6. The third-order valence-electron chi connectivity index (χ3n) is 4.84. The quantitative estimate of drug-likeness (QED) is 0.267. The Hall–Kier alpha value is -4.52. The first-order valence-corrected chi connectivity index (χ1v) is 9.69. The van der Waals surface area contributed by atoms with Crippen LogP contribution in [0.25, 0.3) is 21.9 Å². The van der Waals surface area contributed by atoms with Crippen molar-refractivity contribution in [1.29, 1.82) is 0 Å². The van der Waals surface area contributed by atoms with Gasteiger partial charge in [0, 0.05) is 11.5 Å². The molecule has 0 atom stereocenters. The zero-order valence-corrected chi connectivity index (χ0v) is 16.9. The number of hydrogen-bond acceptors (Lipinski definition) is 7. The lowest BCUT2D eigenvalue weighted by atomic mass is 10.2. The fraction of sp³-hybridized carbons (Fsp3) is 0.0400. The van der Waals surface area contributed by atoms with Crippen LogP contribution in [0.5, 0.6) is 23.0 Å². The Balaban J connectivity index is 1.38. The van der Waals surface area contributed by atoms with Gasteiger partial charge in [0.25, 0.3) is 0 Å². The van der Waals surface area contributed by atoms with Gasteiger partial charge in [-0.2, -0.15) is 0 Å². The molecule has 0 radical (unpaired) electrons. The van der Waals surface area contributed by atoms with Crippen LogP contribution in [0.2, 0.25) is 0 Å². The summed E-state index contributed by atoms with van der Waals surface area (Å²) in [5.41, 5.74) is 0.498. The van der Waals surface area contributed by atoms with Gasteiger partial charge in [-0.15, -0.1) is 0 Å². The highest BCUT2D eigenvalue weighted by Crippen LogP contribution is 2.26. The molecule has 0 N–H and O–H groups in total. The molecule has 0 saturated carbocycles. The molecule has 0 spiro atoms. The number of esters is 1. The van der Waals surface area contributed by atoms with Gasteiger partial charge in [-0.25, -0.2) is 4.79 Å². The van der Waals surface area contributed by atoms with Crippen molar-refractivity contribution in [1.82, 2.24) is 0 Å². The Labute approximate surface area is 181 Å². The minimum absolute atomic E-state index is 0.0367. The van der Waals surface area contributed by atoms with Crippen LogP contribution >= 0.6 is 0 Å². The molecule has 0 saturated heterocycles. The Bertz CT molecular complexity index is 1460. The lowest BCUT2D eigenvalue weighted by Gasteiger charge is -2.07. The van der Waals surface area contributed by atoms with Crippen LogP contribution in [0.4, 0.5) is 0 Å². The van der Waals surface area contributed by atoms with E-state index in [1.807, 2.05) is 18.2 Å². The molecule has 7 nitrogen and oxygen atoms in total. The average molecular weight is 428 g/mol. The smallest absolute Gasteiger partial charge is 0.379 e. The maximum absolute atomic E-state index is 12.8. The van der Waals surface area contributed by atoms with Crippen LogP contribution in [0.15, 0.2) is 92.7 Å². The van der Waals surface area contributed by atoms with Gasteiger partial charge in [-0.3, -0.25) is 4.79 Å². The molecule has 7 heteroatoms. The van der Waals surface area contributed by atoms with Crippen LogP contribution in [0.3, 0.4) is 0 Å². The van der Waals surface area contributed by atoms with Crippen molar-refractivity contribution in [3.8, 4) is 23.0 Å². The van der Waals surface area contributed by atoms with Crippen LogP contribution < -0.4 is 19.6 Å². The predicted molar refractivity (Wildman–Crippen MR) is 117 cm³/mol. The number of hydrogen-bond donors (Lipinski definition) is 0. The maximum Gasteiger partial charge on any atom is 0.379 e. The predicted octanol–water partition coefficient (Wildman–Crippen LogP) is 5.56. The minimum atomic E-state index is -0.651. The van der Waals surface area contributed by atoms with Gasteiger partial charge < -0.3 is 23.0 Å². The first kappa shape index (κ1) is 19.4. The van der Waals surface area contributed by atoms with Crippen molar-refractivity contribution >= 4 is 27.9 Å². The van der Waals surface area contributed by atoms with Gasteiger partial charge in [0.1, 0.15) is 34.7 Å². The Morgan fingerprint density at radius 2 is 1.59 bits per heavy atom. The molecule has 3 aromatic carbocycles. The summed E-state index contributed by atoms with van der Waals surface area (Å²) in [6.07, 6.45) is 1.22. The maximum atomic E-state index is 12.8. The minimum Gasteiger partial charge on any atom is -0.497 e. The molecule has 2 aromatic heterocycles. The lowest BCUT2D eigenvalue weighted by molar-refractivity contribution is 0.0704. The molecule has 0 aliphatic carbocycles. The zero-order chi connectivity index (χ0) is 22.1. The number of methoxy groups -OCH3 is 1. The number of carbonyl (C=O) groups excluding carboxylic acids is 1. The van der Waals surface area contributed by atoms with E-state index in [4.69, 9.17) is 23.0 Å². The zero-order valence-electron chi connectivity index (χ0n) is 16.9.